The second kappa shape index (κ2) is 17.2. The molecule has 23 atom stereocenters. The second-order valence-corrected chi connectivity index (χ2v) is 22.9. The van der Waals surface area contributed by atoms with Crippen LogP contribution in [0.4, 0.5) is 0 Å². The minimum Gasteiger partial charge on any atom is -0.481 e. The number of rotatable bonds is 9. The van der Waals surface area contributed by atoms with Gasteiger partial charge < -0.3 is 79.5 Å². The van der Waals surface area contributed by atoms with Gasteiger partial charge in [0, 0.05) is 5.41 Å². The average Bonchev–Trinajstić information content (AvgIpc) is 3.24. The predicted octanol–water partition coefficient (Wildman–Crippen LogP) is 1.35. The van der Waals surface area contributed by atoms with Crippen molar-refractivity contribution < 1.29 is 84.3 Å². The van der Waals surface area contributed by atoms with Gasteiger partial charge in [-0.25, -0.2) is 0 Å². The maximum Gasteiger partial charge on any atom is 0.310 e. The first-order valence-electron chi connectivity index (χ1n) is 23.7. The molecule has 17 heteroatoms. The molecule has 3 saturated heterocycles. The Morgan fingerprint density at radius 3 is 2.08 bits per heavy atom. The van der Waals surface area contributed by atoms with E-state index in [1.165, 1.54) is 12.5 Å². The second-order valence-electron chi connectivity index (χ2n) is 22.9. The van der Waals surface area contributed by atoms with Crippen LogP contribution < -0.4 is 0 Å². The third-order valence-electron chi connectivity index (χ3n) is 19.1. The molecule has 0 radical (unpaired) electrons. The summed E-state index contributed by atoms with van der Waals surface area (Å²) >= 11 is 0. The molecule has 0 bridgehead atoms. The SMILES string of the molecule is C[C@@H]1O[C@@H](O[C@H]2[C@H](O)[C@@H](CO)OC(O[C@H]3CC[C@@]4(C)[C@@H](CC[C@]5(C)[C@@H]4CC=C4[C@@H]6CC(C)(C)CC[C@]6(C(=O)O)CC[C@]45C)[C@]3(C)CO)[C@@H]2O)[C@H](O[C@@H]2OC[C@H](O)[C@H](O)[C@H]2O)[C@H](O)[C@H]1O. The summed E-state index contributed by atoms with van der Waals surface area (Å²) in [4.78, 5) is 13.1. The fraction of sp³-hybridized carbons (Fsp3) is 0.936. The first-order valence-corrected chi connectivity index (χ1v) is 23.7. The summed E-state index contributed by atoms with van der Waals surface area (Å²) in [6, 6.07) is 0. The zero-order valence-corrected chi connectivity index (χ0v) is 38.5. The number of aliphatic hydroxyl groups excluding tert-OH is 9. The lowest BCUT2D eigenvalue weighted by atomic mass is 9.33. The Balaban J connectivity index is 1.03. The number of allylic oxidation sites excluding steroid dienone is 2. The fourth-order valence-electron chi connectivity index (χ4n) is 14.8. The van der Waals surface area contributed by atoms with E-state index >= 15 is 0 Å². The molecule has 17 nitrogen and oxygen atoms in total. The summed E-state index contributed by atoms with van der Waals surface area (Å²) in [5, 5.41) is 109. The molecule has 0 amide bonds. The van der Waals surface area contributed by atoms with Gasteiger partial charge in [0.2, 0.25) is 0 Å². The zero-order chi connectivity index (χ0) is 46.7. The Morgan fingerprint density at radius 2 is 1.41 bits per heavy atom. The first kappa shape index (κ1) is 49.0. The van der Waals surface area contributed by atoms with Gasteiger partial charge in [-0.05, 0) is 111 Å². The van der Waals surface area contributed by atoms with E-state index < -0.39 is 122 Å². The standard InChI is InChI=1S/C47H76O17/c1-22-30(51)33(54)37(64-38-34(55)31(52)25(50)20-59-38)40(60-22)63-36-32(53)26(19-48)61-39(35(36)56)62-29-11-12-43(4)27(44(29,5)21-49)10-13-46(7)28(43)9-8-23-24-18-42(2,3)14-16-47(24,41(57)58)17-15-45(23,46)6/h8,22,24-40,48-56H,9-21H2,1-7H3,(H,57,58)/t22-,24-,25-,26+,27+,28+,29-,30-,31-,32+,33+,34+,35+,36-,37+,38-,39?,40-,43-,44-,45+,46+,47-/m0/s1. The highest BCUT2D eigenvalue weighted by molar-refractivity contribution is 5.76. The van der Waals surface area contributed by atoms with E-state index in [-0.39, 0.29) is 46.0 Å². The highest BCUT2D eigenvalue weighted by Crippen LogP contribution is 2.76. The molecule has 0 aromatic rings. The van der Waals surface area contributed by atoms with Crippen LogP contribution in [0.5, 0.6) is 0 Å². The van der Waals surface area contributed by atoms with Gasteiger partial charge in [0.15, 0.2) is 18.9 Å². The molecule has 7 fully saturated rings. The number of carbonyl (C=O) groups is 1. The summed E-state index contributed by atoms with van der Waals surface area (Å²) < 4.78 is 36.0. The molecule has 0 aromatic carbocycles. The molecule has 64 heavy (non-hydrogen) atoms. The molecule has 5 aliphatic carbocycles. The van der Waals surface area contributed by atoms with E-state index in [4.69, 9.17) is 28.4 Å². The van der Waals surface area contributed by atoms with Crippen LogP contribution in [-0.4, -0.2) is 169 Å². The maximum atomic E-state index is 13.1. The topological polar surface area (TPSA) is 275 Å². The van der Waals surface area contributed by atoms with Crippen molar-refractivity contribution in [3.05, 3.63) is 11.6 Å². The Morgan fingerprint density at radius 1 is 0.719 bits per heavy atom. The number of carboxylic acids is 1. The average molecular weight is 913 g/mol. The zero-order valence-electron chi connectivity index (χ0n) is 38.5. The minimum absolute atomic E-state index is 0.00962. The third kappa shape index (κ3) is 7.49. The van der Waals surface area contributed by atoms with E-state index in [1.54, 1.807) is 0 Å². The van der Waals surface area contributed by atoms with Crippen molar-refractivity contribution in [2.45, 2.75) is 205 Å². The van der Waals surface area contributed by atoms with Crippen molar-refractivity contribution in [3.8, 4) is 0 Å². The van der Waals surface area contributed by atoms with Crippen molar-refractivity contribution in [3.63, 3.8) is 0 Å². The van der Waals surface area contributed by atoms with Gasteiger partial charge in [-0.1, -0.05) is 53.2 Å². The number of ether oxygens (including phenoxy) is 6. The molecule has 0 aromatic heterocycles. The molecular weight excluding hydrogens is 837 g/mol. The highest BCUT2D eigenvalue weighted by atomic mass is 16.8. The van der Waals surface area contributed by atoms with Crippen molar-refractivity contribution in [1.29, 1.82) is 0 Å². The molecule has 3 heterocycles. The number of aliphatic hydroxyl groups is 9. The molecule has 1 unspecified atom stereocenters. The summed E-state index contributed by atoms with van der Waals surface area (Å²) in [7, 11) is 0. The van der Waals surface area contributed by atoms with Gasteiger partial charge in [-0.2, -0.15) is 0 Å². The molecule has 0 spiro atoms. The van der Waals surface area contributed by atoms with Crippen LogP contribution in [0.15, 0.2) is 11.6 Å². The number of hydrogen-bond acceptors (Lipinski definition) is 16. The van der Waals surface area contributed by atoms with Crippen molar-refractivity contribution >= 4 is 5.97 Å². The molecule has 8 rings (SSSR count). The van der Waals surface area contributed by atoms with E-state index in [1.807, 2.05) is 6.92 Å². The number of carboxylic acid groups (broad SMARTS) is 1. The molecule has 3 aliphatic heterocycles. The molecule has 366 valence electrons. The summed E-state index contributed by atoms with van der Waals surface area (Å²) in [5.74, 6) is -0.442. The fourth-order valence-corrected chi connectivity index (χ4v) is 14.8. The quantitative estimate of drug-likeness (QED) is 0.116. The largest absolute Gasteiger partial charge is 0.481 e. The van der Waals surface area contributed by atoms with Crippen molar-refractivity contribution in [2.75, 3.05) is 19.8 Å². The molecule has 4 saturated carbocycles. The smallest absolute Gasteiger partial charge is 0.310 e. The van der Waals surface area contributed by atoms with Crippen LogP contribution in [0, 0.1) is 50.2 Å². The van der Waals surface area contributed by atoms with Crippen LogP contribution in [-0.2, 0) is 33.2 Å². The minimum atomic E-state index is -1.76. The van der Waals surface area contributed by atoms with Crippen LogP contribution in [0.25, 0.3) is 0 Å². The van der Waals surface area contributed by atoms with Crippen LogP contribution >= 0.6 is 0 Å². The lowest BCUT2D eigenvalue weighted by Crippen LogP contribution is -2.67. The predicted molar refractivity (Wildman–Crippen MR) is 225 cm³/mol. The number of aliphatic carboxylic acids is 1. The van der Waals surface area contributed by atoms with Crippen LogP contribution in [0.2, 0.25) is 0 Å². The van der Waals surface area contributed by atoms with Crippen LogP contribution in [0.3, 0.4) is 0 Å². The van der Waals surface area contributed by atoms with Gasteiger partial charge in [0.25, 0.3) is 0 Å². The van der Waals surface area contributed by atoms with Gasteiger partial charge in [0.1, 0.15) is 61.0 Å². The van der Waals surface area contributed by atoms with Gasteiger partial charge >= 0.3 is 5.97 Å². The lowest BCUT2D eigenvalue weighted by molar-refractivity contribution is -0.386. The Kier molecular flexibility index (Phi) is 13.2. The normalized spacial score (nSPS) is 55.0. The third-order valence-corrected chi connectivity index (χ3v) is 19.1. The Labute approximate surface area is 376 Å². The van der Waals surface area contributed by atoms with E-state index in [9.17, 15) is 55.9 Å². The lowest BCUT2D eigenvalue weighted by Gasteiger charge is -2.71. The van der Waals surface area contributed by atoms with Crippen LogP contribution in [0.1, 0.15) is 113 Å². The van der Waals surface area contributed by atoms with Gasteiger partial charge in [-0.15, -0.1) is 0 Å². The summed E-state index contributed by atoms with van der Waals surface area (Å²) in [6.45, 7) is 13.9. The number of fused-ring (bicyclic) bond motifs is 7. The Bertz CT molecular complexity index is 1750. The maximum absolute atomic E-state index is 13.1. The molecule has 10 N–H and O–H groups in total. The monoisotopic (exact) mass is 913 g/mol. The number of hydrogen-bond donors (Lipinski definition) is 10. The van der Waals surface area contributed by atoms with Gasteiger partial charge in [-0.3, -0.25) is 4.79 Å². The van der Waals surface area contributed by atoms with E-state index in [0.29, 0.717) is 19.3 Å². The van der Waals surface area contributed by atoms with E-state index in [0.717, 1.165) is 44.9 Å². The Hall–Kier alpha value is -1.39. The summed E-state index contributed by atoms with van der Waals surface area (Å²) in [6.07, 6.45) is -12.1. The summed E-state index contributed by atoms with van der Waals surface area (Å²) in [5.41, 5.74) is -0.703. The van der Waals surface area contributed by atoms with Gasteiger partial charge in [0.05, 0.1) is 37.4 Å². The molecular formula is C47H76O17. The van der Waals surface area contributed by atoms with E-state index in [2.05, 4.69) is 40.7 Å². The van der Waals surface area contributed by atoms with Crippen molar-refractivity contribution in [1.82, 2.24) is 0 Å². The highest BCUT2D eigenvalue weighted by Gasteiger charge is 2.70. The first-order chi connectivity index (χ1) is 29.9. The molecule has 8 aliphatic rings. The van der Waals surface area contributed by atoms with Crippen molar-refractivity contribution in [2.24, 2.45) is 50.2 Å².